The second-order valence-corrected chi connectivity index (χ2v) is 9.83. The highest BCUT2D eigenvalue weighted by Gasteiger charge is 2.74. The van der Waals surface area contributed by atoms with Gasteiger partial charge in [0.05, 0.1) is 12.5 Å². The van der Waals surface area contributed by atoms with Crippen molar-refractivity contribution in [3.05, 3.63) is 35.5 Å². The smallest absolute Gasteiger partial charge is 0.306 e. The first-order chi connectivity index (χ1) is 14.7. The molecule has 0 aromatic heterocycles. The molecule has 0 aromatic rings. The Bertz CT molecular complexity index is 1000. The molecular formula is C23H27FO8. The Labute approximate surface area is 183 Å². The number of Topliss-reactive ketones (excluding diaryl/α,β-unsaturated/α-hetero) is 1. The van der Waals surface area contributed by atoms with Crippen LogP contribution in [0.2, 0.25) is 0 Å². The summed E-state index contributed by atoms with van der Waals surface area (Å²) in [4.78, 5) is 35.8. The normalized spacial score (nSPS) is 45.8. The van der Waals surface area contributed by atoms with Gasteiger partial charge in [-0.25, -0.2) is 4.39 Å². The van der Waals surface area contributed by atoms with E-state index < -0.39 is 70.9 Å². The summed E-state index contributed by atoms with van der Waals surface area (Å²) in [5, 5.41) is 52.2. The van der Waals surface area contributed by atoms with E-state index in [4.69, 9.17) is 5.11 Å². The second kappa shape index (κ2) is 6.90. The summed E-state index contributed by atoms with van der Waals surface area (Å²) in [6, 6.07) is 0. The number of aliphatic hydroxyl groups excluding tert-OH is 3. The van der Waals surface area contributed by atoms with Crippen molar-refractivity contribution in [1.82, 2.24) is 0 Å². The fourth-order valence-corrected chi connectivity index (χ4v) is 6.52. The molecule has 2 fully saturated rings. The zero-order valence-corrected chi connectivity index (χ0v) is 17.8. The third kappa shape index (κ3) is 2.59. The van der Waals surface area contributed by atoms with E-state index in [1.54, 1.807) is 6.92 Å². The van der Waals surface area contributed by atoms with Crippen molar-refractivity contribution in [2.24, 2.45) is 16.7 Å². The van der Waals surface area contributed by atoms with Gasteiger partial charge in [0.25, 0.3) is 0 Å². The van der Waals surface area contributed by atoms with Crippen molar-refractivity contribution in [1.29, 1.82) is 0 Å². The molecule has 2 saturated carbocycles. The molecule has 0 aliphatic heterocycles. The number of aliphatic hydroxyl groups is 4. The van der Waals surface area contributed by atoms with E-state index >= 15 is 4.39 Å². The van der Waals surface area contributed by atoms with Gasteiger partial charge in [-0.05, 0) is 38.3 Å². The molecule has 0 heterocycles. The fraction of sp³-hybridized carbons (Fsp3) is 0.609. The number of ketones is 2. The van der Waals surface area contributed by atoms with Gasteiger partial charge in [-0.2, -0.15) is 0 Å². The van der Waals surface area contributed by atoms with Crippen LogP contribution in [0.1, 0.15) is 39.5 Å². The number of allylic oxidation sites excluding steroid dienone is 4. The quantitative estimate of drug-likeness (QED) is 0.386. The van der Waals surface area contributed by atoms with E-state index in [2.05, 4.69) is 0 Å². The first-order valence-electron chi connectivity index (χ1n) is 10.6. The highest BCUT2D eigenvalue weighted by atomic mass is 19.1. The number of alkyl halides is 1. The number of halogens is 1. The van der Waals surface area contributed by atoms with E-state index in [1.165, 1.54) is 31.2 Å². The molecule has 3 unspecified atom stereocenters. The highest BCUT2D eigenvalue weighted by molar-refractivity contribution is 6.01. The number of aliphatic carboxylic acids is 1. The minimum absolute atomic E-state index is 0.173. The van der Waals surface area contributed by atoms with Gasteiger partial charge in [-0.1, -0.05) is 30.2 Å². The van der Waals surface area contributed by atoms with Crippen LogP contribution in [0.4, 0.5) is 4.39 Å². The standard InChI is InChI=1S/C23H27FO8/c1-20-6-5-12(25)7-11(20)3-4-13-14-8-16(27)23(32,19(31)15(26)9-18(29)30)21(14,2)10-17(28)22(13,20)24/h5-8,13,15-17,26-28,32H,3-4,9-10H2,1-2H3,(H,29,30)/t13-,15?,16?,17?,20-,21-,22-,23-/m0/s1. The van der Waals surface area contributed by atoms with E-state index in [1.807, 2.05) is 0 Å². The second-order valence-electron chi connectivity index (χ2n) is 9.83. The van der Waals surface area contributed by atoms with Crippen LogP contribution in [0.5, 0.6) is 0 Å². The van der Waals surface area contributed by atoms with E-state index in [0.29, 0.717) is 12.0 Å². The van der Waals surface area contributed by atoms with Gasteiger partial charge in [0.1, 0.15) is 12.2 Å². The molecule has 4 aliphatic carbocycles. The van der Waals surface area contributed by atoms with Crippen LogP contribution in [-0.2, 0) is 14.4 Å². The lowest BCUT2D eigenvalue weighted by atomic mass is 9.46. The maximum Gasteiger partial charge on any atom is 0.306 e. The average molecular weight is 450 g/mol. The van der Waals surface area contributed by atoms with Gasteiger partial charge in [0.2, 0.25) is 0 Å². The minimum Gasteiger partial charge on any atom is -0.481 e. The van der Waals surface area contributed by atoms with Crippen molar-refractivity contribution in [3.8, 4) is 0 Å². The Morgan fingerprint density at radius 2 is 1.94 bits per heavy atom. The highest BCUT2D eigenvalue weighted by Crippen LogP contribution is 2.68. The molecule has 0 bridgehead atoms. The van der Waals surface area contributed by atoms with Crippen LogP contribution in [0, 0.1) is 16.7 Å². The molecule has 32 heavy (non-hydrogen) atoms. The summed E-state index contributed by atoms with van der Waals surface area (Å²) in [7, 11) is 0. The van der Waals surface area contributed by atoms with E-state index in [9.17, 15) is 34.8 Å². The molecule has 0 amide bonds. The van der Waals surface area contributed by atoms with Crippen molar-refractivity contribution >= 4 is 17.5 Å². The minimum atomic E-state index is -2.63. The Morgan fingerprint density at radius 1 is 1.28 bits per heavy atom. The lowest BCUT2D eigenvalue weighted by molar-refractivity contribution is -0.195. The van der Waals surface area contributed by atoms with Crippen LogP contribution in [0.25, 0.3) is 0 Å². The predicted molar refractivity (Wildman–Crippen MR) is 108 cm³/mol. The molecular weight excluding hydrogens is 423 g/mol. The largest absolute Gasteiger partial charge is 0.481 e. The summed E-state index contributed by atoms with van der Waals surface area (Å²) in [5.41, 5.74) is -7.03. The Balaban J connectivity index is 1.80. The molecule has 174 valence electrons. The van der Waals surface area contributed by atoms with Gasteiger partial charge < -0.3 is 25.5 Å². The number of carbonyl (C=O) groups excluding carboxylic acids is 2. The maximum atomic E-state index is 16.9. The van der Waals surface area contributed by atoms with Gasteiger partial charge in [-0.3, -0.25) is 14.4 Å². The monoisotopic (exact) mass is 450 g/mol. The molecule has 5 N–H and O–H groups in total. The lowest BCUT2D eigenvalue weighted by Gasteiger charge is -2.61. The number of carboxylic acid groups (broad SMARTS) is 1. The van der Waals surface area contributed by atoms with Crippen molar-refractivity contribution in [2.45, 2.75) is 69.1 Å². The molecule has 0 radical (unpaired) electrons. The number of rotatable bonds is 4. The van der Waals surface area contributed by atoms with Crippen LogP contribution in [0.15, 0.2) is 35.5 Å². The van der Waals surface area contributed by atoms with Crippen molar-refractivity contribution in [2.75, 3.05) is 0 Å². The van der Waals surface area contributed by atoms with Crippen molar-refractivity contribution < 1.29 is 44.3 Å². The number of carboxylic acids is 1. The number of hydrogen-bond donors (Lipinski definition) is 5. The third-order valence-corrected chi connectivity index (χ3v) is 8.32. The van der Waals surface area contributed by atoms with Gasteiger partial charge in [-0.15, -0.1) is 0 Å². The fourth-order valence-electron chi connectivity index (χ4n) is 6.52. The van der Waals surface area contributed by atoms with Crippen molar-refractivity contribution in [3.63, 3.8) is 0 Å². The van der Waals surface area contributed by atoms with E-state index in [0.717, 1.165) is 0 Å². The molecule has 0 saturated heterocycles. The first-order valence-corrected chi connectivity index (χ1v) is 10.6. The lowest BCUT2D eigenvalue weighted by Crippen LogP contribution is -2.69. The summed E-state index contributed by atoms with van der Waals surface area (Å²) in [5.74, 6) is -4.00. The van der Waals surface area contributed by atoms with Crippen LogP contribution in [0.3, 0.4) is 0 Å². The number of hydrogen-bond acceptors (Lipinski definition) is 7. The summed E-state index contributed by atoms with van der Waals surface area (Å²) in [6.07, 6.45) is -1.21. The summed E-state index contributed by atoms with van der Waals surface area (Å²) >= 11 is 0. The SMILES string of the molecule is C[C@]12C=CC(=O)C=C1CC[C@H]1C3=CC(O)[C@](O)(C(=O)C(O)CC(=O)O)[C@@]3(C)CC(O)[C@@]12F. The van der Waals surface area contributed by atoms with Gasteiger partial charge in [0.15, 0.2) is 22.8 Å². The number of fused-ring (bicyclic) bond motifs is 5. The van der Waals surface area contributed by atoms with Crippen LogP contribution in [-0.4, -0.2) is 72.7 Å². The number of carbonyl (C=O) groups is 3. The van der Waals surface area contributed by atoms with E-state index in [-0.39, 0.29) is 17.8 Å². The Morgan fingerprint density at radius 3 is 2.56 bits per heavy atom. The topological polar surface area (TPSA) is 152 Å². The summed E-state index contributed by atoms with van der Waals surface area (Å²) in [6.45, 7) is 3.01. The molecule has 0 spiro atoms. The molecule has 9 heteroatoms. The van der Waals surface area contributed by atoms with Gasteiger partial charge >= 0.3 is 5.97 Å². The average Bonchev–Trinajstić information content (AvgIpc) is 2.90. The molecule has 8 atom stereocenters. The molecule has 8 nitrogen and oxygen atoms in total. The predicted octanol–water partition coefficient (Wildman–Crippen LogP) is 0.384. The molecule has 4 aliphatic rings. The molecule has 0 aromatic carbocycles. The van der Waals surface area contributed by atoms with Crippen LogP contribution >= 0.6 is 0 Å². The summed E-state index contributed by atoms with van der Waals surface area (Å²) < 4.78 is 16.9. The Hall–Kier alpha value is -2.20. The molecule has 4 rings (SSSR count). The van der Waals surface area contributed by atoms with Crippen LogP contribution < -0.4 is 0 Å². The first kappa shape index (κ1) is 23.0. The maximum absolute atomic E-state index is 16.9. The van der Waals surface area contributed by atoms with Gasteiger partial charge in [0, 0.05) is 16.7 Å². The third-order valence-electron chi connectivity index (χ3n) is 8.32. The Kier molecular flexibility index (Phi) is 4.95. The zero-order valence-electron chi connectivity index (χ0n) is 17.8. The zero-order chi connectivity index (χ0) is 23.9.